The second-order valence-electron chi connectivity index (χ2n) is 4.86. The van der Waals surface area contributed by atoms with Crippen LogP contribution in [0, 0.1) is 16.0 Å². The van der Waals surface area contributed by atoms with Crippen LogP contribution in [0.25, 0.3) is 0 Å². The third-order valence-corrected chi connectivity index (χ3v) is 4.08. The Balaban J connectivity index is 2.09. The zero-order chi connectivity index (χ0) is 13.8. The summed E-state index contributed by atoms with van der Waals surface area (Å²) in [6, 6.07) is 4.90. The van der Waals surface area contributed by atoms with Gasteiger partial charge in [0.25, 0.3) is 5.69 Å². The first-order valence-electron chi connectivity index (χ1n) is 6.39. The lowest BCUT2D eigenvalue weighted by molar-refractivity contribution is -0.385. The first-order chi connectivity index (χ1) is 9.13. The van der Waals surface area contributed by atoms with Crippen molar-refractivity contribution in [3.8, 4) is 0 Å². The highest BCUT2D eigenvalue weighted by molar-refractivity contribution is 6.31. The molecule has 0 heterocycles. The van der Waals surface area contributed by atoms with E-state index in [0.717, 1.165) is 19.3 Å². The van der Waals surface area contributed by atoms with Crippen LogP contribution >= 0.6 is 11.6 Å². The lowest BCUT2D eigenvalue weighted by atomic mass is 10.0. The van der Waals surface area contributed by atoms with Crippen molar-refractivity contribution in [1.82, 2.24) is 5.32 Å². The fourth-order valence-corrected chi connectivity index (χ4v) is 2.89. The Labute approximate surface area is 116 Å². The molecule has 19 heavy (non-hydrogen) atoms. The topological polar surface area (TPSA) is 75.4 Å². The summed E-state index contributed by atoms with van der Waals surface area (Å²) in [5, 5.41) is 23.9. The van der Waals surface area contributed by atoms with Crippen molar-refractivity contribution in [3.63, 3.8) is 0 Å². The van der Waals surface area contributed by atoms with Crippen LogP contribution < -0.4 is 5.32 Å². The second-order valence-corrected chi connectivity index (χ2v) is 5.26. The number of hydrogen-bond donors (Lipinski definition) is 2. The van der Waals surface area contributed by atoms with Gasteiger partial charge in [-0.2, -0.15) is 0 Å². The van der Waals surface area contributed by atoms with E-state index >= 15 is 0 Å². The number of nitrogens with zero attached hydrogens (tertiary/aromatic N) is 1. The maximum absolute atomic E-state index is 11.0. The summed E-state index contributed by atoms with van der Waals surface area (Å²) in [6.07, 6.45) is 3.07. The summed E-state index contributed by atoms with van der Waals surface area (Å²) in [4.78, 5) is 10.6. The Morgan fingerprint density at radius 1 is 1.47 bits per heavy atom. The van der Waals surface area contributed by atoms with Gasteiger partial charge >= 0.3 is 0 Å². The maximum Gasteiger partial charge on any atom is 0.275 e. The SMILES string of the molecule is O=[N+]([O-])c1cccc(Cl)c1CNC1CCCC1CO. The summed E-state index contributed by atoms with van der Waals surface area (Å²) >= 11 is 6.04. The van der Waals surface area contributed by atoms with Gasteiger partial charge in [0.2, 0.25) is 0 Å². The van der Waals surface area contributed by atoms with Crippen molar-refractivity contribution in [2.24, 2.45) is 5.92 Å². The van der Waals surface area contributed by atoms with Gasteiger partial charge in [0.15, 0.2) is 0 Å². The first kappa shape index (κ1) is 14.2. The number of nitro groups is 1. The molecule has 1 fully saturated rings. The van der Waals surface area contributed by atoms with Crippen molar-refractivity contribution in [2.75, 3.05) is 6.61 Å². The Bertz CT molecular complexity index is 467. The number of aliphatic hydroxyl groups excluding tert-OH is 1. The van der Waals surface area contributed by atoms with Crippen LogP contribution in [0.15, 0.2) is 18.2 Å². The molecule has 0 spiro atoms. The minimum Gasteiger partial charge on any atom is -0.396 e. The fourth-order valence-electron chi connectivity index (χ4n) is 2.65. The number of aliphatic hydroxyl groups is 1. The fraction of sp³-hybridized carbons (Fsp3) is 0.538. The number of halogens is 1. The van der Waals surface area contributed by atoms with Gasteiger partial charge in [-0.1, -0.05) is 24.1 Å². The molecule has 1 aliphatic rings. The molecular formula is C13H17ClN2O3. The average molecular weight is 285 g/mol. The molecule has 0 saturated heterocycles. The Hall–Kier alpha value is -1.17. The third-order valence-electron chi connectivity index (χ3n) is 3.73. The van der Waals surface area contributed by atoms with Crippen molar-refractivity contribution >= 4 is 17.3 Å². The van der Waals surface area contributed by atoms with E-state index in [-0.39, 0.29) is 24.3 Å². The van der Waals surface area contributed by atoms with Gasteiger partial charge in [-0.25, -0.2) is 0 Å². The van der Waals surface area contributed by atoms with Crippen LogP contribution in [0.2, 0.25) is 5.02 Å². The largest absolute Gasteiger partial charge is 0.396 e. The minimum atomic E-state index is -0.416. The normalized spacial score (nSPS) is 22.6. The highest BCUT2D eigenvalue weighted by Crippen LogP contribution is 2.29. The molecule has 104 valence electrons. The Kier molecular flexibility index (Phi) is 4.74. The van der Waals surface area contributed by atoms with E-state index in [1.54, 1.807) is 12.1 Å². The van der Waals surface area contributed by atoms with Gasteiger partial charge in [0.1, 0.15) is 0 Å². The summed E-state index contributed by atoms with van der Waals surface area (Å²) in [5.74, 6) is 0.238. The number of nitrogens with one attached hydrogen (secondary N) is 1. The van der Waals surface area contributed by atoms with Gasteiger partial charge in [-0.3, -0.25) is 10.1 Å². The van der Waals surface area contributed by atoms with Gasteiger partial charge in [-0.15, -0.1) is 0 Å². The van der Waals surface area contributed by atoms with Crippen molar-refractivity contribution in [2.45, 2.75) is 31.8 Å². The molecule has 0 aromatic heterocycles. The Morgan fingerprint density at radius 2 is 2.26 bits per heavy atom. The van der Waals surface area contributed by atoms with Crippen LogP contribution in [-0.2, 0) is 6.54 Å². The highest BCUT2D eigenvalue weighted by Gasteiger charge is 2.27. The van der Waals surface area contributed by atoms with Crippen molar-refractivity contribution in [3.05, 3.63) is 38.9 Å². The van der Waals surface area contributed by atoms with E-state index in [0.29, 0.717) is 17.1 Å². The molecular weight excluding hydrogens is 268 g/mol. The lowest BCUT2D eigenvalue weighted by Gasteiger charge is -2.19. The van der Waals surface area contributed by atoms with Crippen LogP contribution in [0.1, 0.15) is 24.8 Å². The maximum atomic E-state index is 11.0. The predicted molar refractivity (Wildman–Crippen MR) is 73.2 cm³/mol. The van der Waals surface area contributed by atoms with E-state index in [2.05, 4.69) is 5.32 Å². The van der Waals surface area contributed by atoms with E-state index < -0.39 is 4.92 Å². The third kappa shape index (κ3) is 3.23. The molecule has 2 N–H and O–H groups in total. The molecule has 5 nitrogen and oxygen atoms in total. The molecule has 6 heteroatoms. The first-order valence-corrected chi connectivity index (χ1v) is 6.77. The van der Waals surface area contributed by atoms with Crippen molar-refractivity contribution in [1.29, 1.82) is 0 Å². The molecule has 0 radical (unpaired) electrons. The summed E-state index contributed by atoms with van der Waals surface area (Å²) in [5.41, 5.74) is 0.552. The molecule has 1 aromatic rings. The van der Waals surface area contributed by atoms with Gasteiger partial charge in [-0.05, 0) is 24.8 Å². The molecule has 0 aliphatic heterocycles. The van der Waals surface area contributed by atoms with E-state index in [1.807, 2.05) is 0 Å². The van der Waals surface area contributed by atoms with Crippen LogP contribution in [0.4, 0.5) is 5.69 Å². The smallest absolute Gasteiger partial charge is 0.275 e. The monoisotopic (exact) mass is 284 g/mol. The van der Waals surface area contributed by atoms with Gasteiger partial charge < -0.3 is 10.4 Å². The number of benzene rings is 1. The molecule has 1 saturated carbocycles. The minimum absolute atomic E-state index is 0.0403. The number of hydrogen-bond acceptors (Lipinski definition) is 4. The van der Waals surface area contributed by atoms with Gasteiger partial charge in [0.05, 0.1) is 15.5 Å². The summed E-state index contributed by atoms with van der Waals surface area (Å²) < 4.78 is 0. The van der Waals surface area contributed by atoms with Crippen LogP contribution in [0.5, 0.6) is 0 Å². The molecule has 2 atom stereocenters. The molecule has 0 amide bonds. The lowest BCUT2D eigenvalue weighted by Crippen LogP contribution is -2.33. The van der Waals surface area contributed by atoms with E-state index in [1.165, 1.54) is 6.07 Å². The zero-order valence-corrected chi connectivity index (χ0v) is 11.3. The summed E-state index contributed by atoms with van der Waals surface area (Å²) in [7, 11) is 0. The predicted octanol–water partition coefficient (Wildman–Crippen LogP) is 2.50. The number of nitro benzene ring substituents is 1. The second kappa shape index (κ2) is 6.32. The van der Waals surface area contributed by atoms with Crippen LogP contribution in [0.3, 0.4) is 0 Å². The van der Waals surface area contributed by atoms with Crippen LogP contribution in [-0.4, -0.2) is 22.7 Å². The van der Waals surface area contributed by atoms with Crippen molar-refractivity contribution < 1.29 is 10.0 Å². The summed E-state index contributed by atoms with van der Waals surface area (Å²) in [6.45, 7) is 0.513. The van der Waals surface area contributed by atoms with E-state index in [9.17, 15) is 15.2 Å². The Morgan fingerprint density at radius 3 is 2.95 bits per heavy atom. The molecule has 1 aromatic carbocycles. The molecule has 0 bridgehead atoms. The molecule has 2 rings (SSSR count). The molecule has 1 aliphatic carbocycles. The molecule has 2 unspecified atom stereocenters. The average Bonchev–Trinajstić information content (AvgIpc) is 2.84. The quantitative estimate of drug-likeness (QED) is 0.643. The zero-order valence-electron chi connectivity index (χ0n) is 10.5. The highest BCUT2D eigenvalue weighted by atomic mass is 35.5. The van der Waals surface area contributed by atoms with E-state index in [4.69, 9.17) is 11.6 Å². The standard InChI is InChI=1S/C13H17ClN2O3/c14-11-4-2-6-13(16(18)19)10(11)7-15-12-5-1-3-9(12)8-17/h2,4,6,9,12,15,17H,1,3,5,7-8H2. The van der Waals surface area contributed by atoms with Gasteiger partial charge in [0, 0.05) is 25.3 Å². The number of rotatable bonds is 5.